The van der Waals surface area contributed by atoms with Crippen LogP contribution in [0, 0.1) is 18.3 Å². The van der Waals surface area contributed by atoms with Gasteiger partial charge in [-0.1, -0.05) is 23.7 Å². The average Bonchev–Trinajstić information content (AvgIpc) is 2.59. The number of hydrogen-bond acceptors (Lipinski definition) is 4. The van der Waals surface area contributed by atoms with Crippen LogP contribution in [0.5, 0.6) is 0 Å². The minimum atomic E-state index is -0.645. The number of carbonyl (C=O) groups is 2. The summed E-state index contributed by atoms with van der Waals surface area (Å²) < 4.78 is 0. The van der Waals surface area contributed by atoms with Crippen LogP contribution >= 0.6 is 11.6 Å². The van der Waals surface area contributed by atoms with Gasteiger partial charge < -0.3 is 11.1 Å². The molecule has 0 fully saturated rings. The van der Waals surface area contributed by atoms with Crippen molar-refractivity contribution in [2.75, 3.05) is 16.0 Å². The van der Waals surface area contributed by atoms with Crippen LogP contribution in [0.25, 0.3) is 0 Å². The van der Waals surface area contributed by atoms with E-state index in [-0.39, 0.29) is 11.5 Å². The van der Waals surface area contributed by atoms with Crippen LogP contribution < -0.4 is 16.0 Å². The van der Waals surface area contributed by atoms with E-state index < -0.39 is 5.91 Å². The van der Waals surface area contributed by atoms with Crippen molar-refractivity contribution in [1.29, 1.82) is 5.26 Å². The lowest BCUT2D eigenvalue weighted by atomic mass is 10.2. The lowest BCUT2D eigenvalue weighted by molar-refractivity contribution is -0.116. The molecule has 0 atom stereocenters. The van der Waals surface area contributed by atoms with Gasteiger partial charge in [0.25, 0.3) is 5.91 Å². The van der Waals surface area contributed by atoms with Crippen molar-refractivity contribution in [3.63, 3.8) is 0 Å². The number of nitrogens with two attached hydrogens (primary N) is 1. The molecule has 0 aliphatic heterocycles. The van der Waals surface area contributed by atoms with E-state index >= 15 is 0 Å². The lowest BCUT2D eigenvalue weighted by Gasteiger charge is -2.18. The molecule has 0 aliphatic carbocycles. The third-order valence-corrected chi connectivity index (χ3v) is 4.04. The highest BCUT2D eigenvalue weighted by Gasteiger charge is 2.16. The molecule has 6 nitrogen and oxygen atoms in total. The summed E-state index contributed by atoms with van der Waals surface area (Å²) in [5, 5.41) is 12.5. The minimum Gasteiger partial charge on any atom is -0.399 e. The normalized spacial score (nSPS) is 10.8. The first-order valence-corrected chi connectivity index (χ1v) is 8.05. The fraction of sp³-hybridized carbons (Fsp3) is 0.105. The number of halogens is 1. The molecular formula is C19H17ClN4O2. The van der Waals surface area contributed by atoms with Crippen LogP contribution in [-0.4, -0.2) is 11.8 Å². The number of hydrogen-bond donors (Lipinski definition) is 2. The fourth-order valence-electron chi connectivity index (χ4n) is 2.22. The number of nitriles is 1. The number of amides is 2. The molecule has 0 unspecified atom stereocenters. The summed E-state index contributed by atoms with van der Waals surface area (Å²) in [5.74, 6) is -1.01. The molecule has 0 saturated heterocycles. The van der Waals surface area contributed by atoms with Crippen molar-refractivity contribution in [2.24, 2.45) is 0 Å². The molecular weight excluding hydrogens is 352 g/mol. The molecule has 0 heterocycles. The summed E-state index contributed by atoms with van der Waals surface area (Å²) in [6.07, 6.45) is 1.19. The second kappa shape index (κ2) is 8.19. The van der Waals surface area contributed by atoms with E-state index in [0.717, 1.165) is 0 Å². The van der Waals surface area contributed by atoms with Crippen LogP contribution in [0.15, 0.2) is 54.2 Å². The number of rotatable bonds is 4. The van der Waals surface area contributed by atoms with Crippen molar-refractivity contribution in [3.05, 3.63) is 64.8 Å². The Bertz CT molecular complexity index is 931. The first-order valence-electron chi connectivity index (χ1n) is 7.67. The summed E-state index contributed by atoms with van der Waals surface area (Å²) in [7, 11) is 0. The Morgan fingerprint density at radius 1 is 1.27 bits per heavy atom. The Morgan fingerprint density at radius 2 is 1.96 bits per heavy atom. The third-order valence-electron chi connectivity index (χ3n) is 3.63. The Morgan fingerprint density at radius 3 is 2.58 bits per heavy atom. The summed E-state index contributed by atoms with van der Waals surface area (Å²) in [5.41, 5.74) is 7.58. The summed E-state index contributed by atoms with van der Waals surface area (Å²) in [6, 6.07) is 13.5. The Balaban J connectivity index is 2.35. The van der Waals surface area contributed by atoms with Crippen molar-refractivity contribution < 1.29 is 9.59 Å². The maximum absolute atomic E-state index is 12.5. The van der Waals surface area contributed by atoms with Gasteiger partial charge in [-0.3, -0.25) is 14.5 Å². The molecule has 2 aromatic rings. The van der Waals surface area contributed by atoms with E-state index in [9.17, 15) is 14.9 Å². The van der Waals surface area contributed by atoms with Gasteiger partial charge in [0.05, 0.1) is 5.69 Å². The van der Waals surface area contributed by atoms with Gasteiger partial charge in [-0.05, 0) is 42.8 Å². The van der Waals surface area contributed by atoms with Gasteiger partial charge in [0.2, 0.25) is 5.91 Å². The van der Waals surface area contributed by atoms with Gasteiger partial charge >= 0.3 is 0 Å². The van der Waals surface area contributed by atoms with Crippen LogP contribution in [0.3, 0.4) is 0 Å². The van der Waals surface area contributed by atoms with Gasteiger partial charge in [-0.25, -0.2) is 0 Å². The van der Waals surface area contributed by atoms with Gasteiger partial charge in [0.15, 0.2) is 0 Å². The largest absolute Gasteiger partial charge is 0.399 e. The maximum Gasteiger partial charge on any atom is 0.267 e. The molecule has 0 aliphatic rings. The van der Waals surface area contributed by atoms with Gasteiger partial charge in [0, 0.05) is 29.5 Å². The van der Waals surface area contributed by atoms with Crippen LogP contribution in [-0.2, 0) is 9.59 Å². The zero-order chi connectivity index (χ0) is 19.3. The molecule has 0 spiro atoms. The standard InChI is InChI=1S/C19H17ClN4O2/c1-12-17(20)7-4-8-18(12)23-19(26)14(10-21)11-24(13(2)25)16-6-3-5-15(22)9-16/h3-9,11H,22H2,1-2H3,(H,23,26)/b14-11-. The van der Waals surface area contributed by atoms with E-state index in [0.29, 0.717) is 27.6 Å². The number of benzene rings is 2. The lowest BCUT2D eigenvalue weighted by Crippen LogP contribution is -2.25. The zero-order valence-corrected chi connectivity index (χ0v) is 15.0. The molecule has 3 N–H and O–H groups in total. The monoisotopic (exact) mass is 368 g/mol. The highest BCUT2D eigenvalue weighted by molar-refractivity contribution is 6.31. The average molecular weight is 369 g/mol. The Hall–Kier alpha value is -3.30. The number of nitrogens with one attached hydrogen (secondary N) is 1. The van der Waals surface area contributed by atoms with Crippen molar-refractivity contribution in [3.8, 4) is 6.07 Å². The first-order chi connectivity index (χ1) is 12.3. The number of nitrogens with zero attached hydrogens (tertiary/aromatic N) is 2. The Kier molecular flexibility index (Phi) is 5.99. The second-order valence-corrected chi connectivity index (χ2v) is 5.91. The predicted octanol–water partition coefficient (Wildman–Crippen LogP) is 3.63. The van der Waals surface area contributed by atoms with E-state index in [1.807, 2.05) is 6.07 Å². The molecule has 2 amide bonds. The van der Waals surface area contributed by atoms with Crippen molar-refractivity contribution in [1.82, 2.24) is 0 Å². The van der Waals surface area contributed by atoms with E-state index in [1.54, 1.807) is 49.4 Å². The van der Waals surface area contributed by atoms with Gasteiger partial charge in [0.1, 0.15) is 11.6 Å². The Labute approximate surface area is 156 Å². The summed E-state index contributed by atoms with van der Waals surface area (Å²) >= 11 is 6.04. The van der Waals surface area contributed by atoms with Crippen LogP contribution in [0.2, 0.25) is 5.02 Å². The molecule has 2 rings (SSSR count). The number of nitrogen functional groups attached to an aromatic ring is 1. The predicted molar refractivity (Wildman–Crippen MR) is 103 cm³/mol. The molecule has 132 valence electrons. The first kappa shape index (κ1) is 19.0. The topological polar surface area (TPSA) is 99.2 Å². The zero-order valence-electron chi connectivity index (χ0n) is 14.3. The van der Waals surface area contributed by atoms with Gasteiger partial charge in [-0.15, -0.1) is 0 Å². The van der Waals surface area contributed by atoms with Gasteiger partial charge in [-0.2, -0.15) is 5.26 Å². The van der Waals surface area contributed by atoms with E-state index in [1.165, 1.54) is 18.0 Å². The van der Waals surface area contributed by atoms with Crippen molar-refractivity contribution in [2.45, 2.75) is 13.8 Å². The molecule has 26 heavy (non-hydrogen) atoms. The molecule has 2 aromatic carbocycles. The number of anilines is 3. The molecule has 0 aromatic heterocycles. The maximum atomic E-state index is 12.5. The highest BCUT2D eigenvalue weighted by atomic mass is 35.5. The van der Waals surface area contributed by atoms with E-state index in [4.69, 9.17) is 17.3 Å². The summed E-state index contributed by atoms with van der Waals surface area (Å²) in [6.45, 7) is 3.08. The fourth-order valence-corrected chi connectivity index (χ4v) is 2.40. The van der Waals surface area contributed by atoms with Crippen molar-refractivity contribution >= 4 is 40.5 Å². The molecule has 7 heteroatoms. The highest BCUT2D eigenvalue weighted by Crippen LogP contribution is 2.24. The van der Waals surface area contributed by atoms with Crippen LogP contribution in [0.1, 0.15) is 12.5 Å². The molecule has 0 saturated carbocycles. The summed E-state index contributed by atoms with van der Waals surface area (Å²) in [4.78, 5) is 25.6. The second-order valence-electron chi connectivity index (χ2n) is 5.51. The third kappa shape index (κ3) is 4.41. The SMILES string of the molecule is CC(=O)N(/C=C(/C#N)C(=O)Nc1cccc(Cl)c1C)c1cccc(N)c1. The number of carbonyl (C=O) groups excluding carboxylic acids is 2. The van der Waals surface area contributed by atoms with E-state index in [2.05, 4.69) is 5.32 Å². The molecule has 0 radical (unpaired) electrons. The molecule has 0 bridgehead atoms. The smallest absolute Gasteiger partial charge is 0.267 e. The minimum absolute atomic E-state index is 0.234. The quantitative estimate of drug-likeness (QED) is 0.489. The van der Waals surface area contributed by atoms with Crippen LogP contribution in [0.4, 0.5) is 17.1 Å².